The highest BCUT2D eigenvalue weighted by Gasteiger charge is 2.06. The lowest BCUT2D eigenvalue weighted by Crippen LogP contribution is -1.98. The molecule has 3 nitrogen and oxygen atoms in total. The highest BCUT2D eigenvalue weighted by atomic mass is 79.9. The van der Waals surface area contributed by atoms with Gasteiger partial charge in [0.25, 0.3) is 0 Å². The zero-order chi connectivity index (χ0) is 8.27. The molecule has 0 aliphatic rings. The van der Waals surface area contributed by atoms with E-state index in [1.165, 1.54) is 6.07 Å². The van der Waals surface area contributed by atoms with Crippen LogP contribution in [0.5, 0.6) is 0 Å². The number of aromatic carboxylic acids is 1. The first-order valence-corrected chi connectivity index (χ1v) is 3.74. The van der Waals surface area contributed by atoms with Gasteiger partial charge in [0.05, 0.1) is 11.3 Å². The molecule has 0 aromatic heterocycles. The maximum absolute atomic E-state index is 10.5. The number of nitrogens with one attached hydrogen (secondary N) is 1. The number of para-hydroxylation sites is 1. The van der Waals surface area contributed by atoms with E-state index >= 15 is 0 Å². The van der Waals surface area contributed by atoms with E-state index in [1.807, 2.05) is 0 Å². The molecule has 0 amide bonds. The molecule has 0 unspecified atom stereocenters. The first kappa shape index (κ1) is 8.07. The smallest absolute Gasteiger partial charge is 0.337 e. The Labute approximate surface area is 72.4 Å². The van der Waals surface area contributed by atoms with Crippen LogP contribution in [0.1, 0.15) is 10.4 Å². The fourth-order valence-corrected chi connectivity index (χ4v) is 1.10. The number of hydrogen-bond acceptors (Lipinski definition) is 2. The summed E-state index contributed by atoms with van der Waals surface area (Å²) < 4.78 is 2.61. The molecule has 1 aromatic carbocycles. The van der Waals surface area contributed by atoms with Crippen LogP contribution in [-0.4, -0.2) is 11.1 Å². The third kappa shape index (κ3) is 1.71. The molecule has 58 valence electrons. The van der Waals surface area contributed by atoms with Gasteiger partial charge in [-0.2, -0.15) is 0 Å². The Balaban J connectivity index is 3.12. The highest BCUT2D eigenvalue weighted by Crippen LogP contribution is 2.15. The molecule has 0 saturated heterocycles. The molecule has 2 N–H and O–H groups in total. The van der Waals surface area contributed by atoms with Crippen LogP contribution in [0.2, 0.25) is 0 Å². The SMILES string of the molecule is O=C(O)c1ccccc1NBr. The standard InChI is InChI=1S/C7H6BrNO2/c8-9-6-4-2-1-3-5(6)7(10)11/h1-4,9H,(H,10,11). The second-order valence-electron chi connectivity index (χ2n) is 1.95. The van der Waals surface area contributed by atoms with Crippen molar-refractivity contribution >= 4 is 27.8 Å². The van der Waals surface area contributed by atoms with Gasteiger partial charge in [-0.05, 0) is 12.1 Å². The Hall–Kier alpha value is -1.03. The van der Waals surface area contributed by atoms with Gasteiger partial charge in [0.15, 0.2) is 0 Å². The Morgan fingerprint density at radius 2 is 2.09 bits per heavy atom. The van der Waals surface area contributed by atoms with Crippen molar-refractivity contribution in [2.45, 2.75) is 0 Å². The monoisotopic (exact) mass is 215 g/mol. The van der Waals surface area contributed by atoms with Crippen molar-refractivity contribution in [3.05, 3.63) is 29.8 Å². The zero-order valence-corrected chi connectivity index (χ0v) is 7.13. The van der Waals surface area contributed by atoms with Crippen LogP contribution in [0.3, 0.4) is 0 Å². The van der Waals surface area contributed by atoms with Crippen molar-refractivity contribution in [1.29, 1.82) is 0 Å². The number of anilines is 1. The molecule has 11 heavy (non-hydrogen) atoms. The zero-order valence-electron chi connectivity index (χ0n) is 5.54. The molecule has 4 heteroatoms. The summed E-state index contributed by atoms with van der Waals surface area (Å²) >= 11 is 2.96. The number of carboxylic acids is 1. The van der Waals surface area contributed by atoms with E-state index in [-0.39, 0.29) is 5.56 Å². The number of carboxylic acid groups (broad SMARTS) is 1. The number of halogens is 1. The summed E-state index contributed by atoms with van der Waals surface area (Å²) in [7, 11) is 0. The van der Waals surface area contributed by atoms with Crippen LogP contribution in [0.25, 0.3) is 0 Å². The van der Waals surface area contributed by atoms with Gasteiger partial charge < -0.3 is 9.45 Å². The second kappa shape index (κ2) is 3.39. The van der Waals surface area contributed by atoms with Crippen LogP contribution < -0.4 is 4.34 Å². The highest BCUT2D eigenvalue weighted by molar-refractivity contribution is 9.10. The van der Waals surface area contributed by atoms with Crippen molar-refractivity contribution < 1.29 is 9.90 Å². The summed E-state index contributed by atoms with van der Waals surface area (Å²) in [4.78, 5) is 10.5. The summed E-state index contributed by atoms with van der Waals surface area (Å²) in [5, 5.41) is 8.64. The first-order valence-electron chi connectivity index (χ1n) is 2.94. The van der Waals surface area contributed by atoms with E-state index in [4.69, 9.17) is 5.11 Å². The molecule has 0 saturated carbocycles. The Kier molecular flexibility index (Phi) is 2.48. The molecule has 0 bridgehead atoms. The third-order valence-electron chi connectivity index (χ3n) is 1.26. The van der Waals surface area contributed by atoms with Crippen LogP contribution >= 0.6 is 16.1 Å². The third-order valence-corrected chi connectivity index (χ3v) is 1.69. The van der Waals surface area contributed by atoms with E-state index in [1.54, 1.807) is 18.2 Å². The number of benzene rings is 1. The van der Waals surface area contributed by atoms with E-state index in [0.29, 0.717) is 5.69 Å². The van der Waals surface area contributed by atoms with Crippen molar-refractivity contribution in [3.63, 3.8) is 0 Å². The Morgan fingerprint density at radius 3 is 2.55 bits per heavy atom. The van der Waals surface area contributed by atoms with Gasteiger partial charge in [-0.25, -0.2) is 4.79 Å². The summed E-state index contributed by atoms with van der Waals surface area (Å²) in [6.45, 7) is 0. The molecular formula is C7H6BrNO2. The van der Waals surface area contributed by atoms with Crippen molar-refractivity contribution in [1.82, 2.24) is 0 Å². The van der Waals surface area contributed by atoms with Crippen molar-refractivity contribution in [3.8, 4) is 0 Å². The predicted molar refractivity (Wildman–Crippen MR) is 46.0 cm³/mol. The molecule has 0 spiro atoms. The van der Waals surface area contributed by atoms with Crippen molar-refractivity contribution in [2.75, 3.05) is 4.34 Å². The van der Waals surface area contributed by atoms with Gasteiger partial charge in [-0.1, -0.05) is 12.1 Å². The minimum absolute atomic E-state index is 0.254. The molecule has 1 aromatic rings. The summed E-state index contributed by atoms with van der Waals surface area (Å²) in [6.07, 6.45) is 0. The van der Waals surface area contributed by atoms with Gasteiger partial charge in [0.2, 0.25) is 0 Å². The summed E-state index contributed by atoms with van der Waals surface area (Å²) in [5.41, 5.74) is 0.810. The van der Waals surface area contributed by atoms with Crippen LogP contribution in [0.15, 0.2) is 24.3 Å². The fraction of sp³-hybridized carbons (Fsp3) is 0. The molecule has 0 fully saturated rings. The Bertz CT molecular complexity index is 275. The topological polar surface area (TPSA) is 49.3 Å². The van der Waals surface area contributed by atoms with Crippen molar-refractivity contribution in [2.24, 2.45) is 0 Å². The van der Waals surface area contributed by atoms with Gasteiger partial charge in [-0.15, -0.1) is 0 Å². The largest absolute Gasteiger partial charge is 0.478 e. The summed E-state index contributed by atoms with van der Waals surface area (Å²) in [5.74, 6) is -0.937. The minimum Gasteiger partial charge on any atom is -0.478 e. The number of carbonyl (C=O) groups is 1. The molecule has 1 rings (SSSR count). The quantitative estimate of drug-likeness (QED) is 0.744. The first-order chi connectivity index (χ1) is 5.25. The molecule has 0 aliphatic heterocycles. The molecule has 0 heterocycles. The number of rotatable bonds is 2. The molecular weight excluding hydrogens is 210 g/mol. The van der Waals surface area contributed by atoms with E-state index in [2.05, 4.69) is 20.5 Å². The van der Waals surface area contributed by atoms with E-state index in [0.717, 1.165) is 0 Å². The average Bonchev–Trinajstić information content (AvgIpc) is 2.04. The fourth-order valence-electron chi connectivity index (χ4n) is 0.752. The maximum atomic E-state index is 10.5. The van der Waals surface area contributed by atoms with Gasteiger partial charge in [-0.3, -0.25) is 0 Å². The normalized spacial score (nSPS) is 9.18. The second-order valence-corrected chi connectivity index (χ2v) is 2.34. The molecule has 0 aliphatic carbocycles. The maximum Gasteiger partial charge on any atom is 0.337 e. The average molecular weight is 216 g/mol. The molecule has 0 radical (unpaired) electrons. The lowest BCUT2D eigenvalue weighted by atomic mass is 10.2. The van der Waals surface area contributed by atoms with Gasteiger partial charge in [0.1, 0.15) is 0 Å². The summed E-state index contributed by atoms with van der Waals surface area (Å²) in [6, 6.07) is 6.65. The lowest BCUT2D eigenvalue weighted by molar-refractivity contribution is 0.0698. The van der Waals surface area contributed by atoms with E-state index in [9.17, 15) is 4.79 Å². The minimum atomic E-state index is -0.937. The molecule has 0 atom stereocenters. The van der Waals surface area contributed by atoms with Gasteiger partial charge in [0, 0.05) is 16.1 Å². The lowest BCUT2D eigenvalue weighted by Gasteiger charge is -2.01. The predicted octanol–water partition coefficient (Wildman–Crippen LogP) is 2.11. The van der Waals surface area contributed by atoms with Crippen LogP contribution in [0, 0.1) is 0 Å². The van der Waals surface area contributed by atoms with E-state index < -0.39 is 5.97 Å². The van der Waals surface area contributed by atoms with Crippen LogP contribution in [0.4, 0.5) is 5.69 Å². The van der Waals surface area contributed by atoms with Gasteiger partial charge >= 0.3 is 5.97 Å². The number of hydrogen-bond donors (Lipinski definition) is 2. The van der Waals surface area contributed by atoms with Crippen LogP contribution in [-0.2, 0) is 0 Å². The Morgan fingerprint density at radius 1 is 1.45 bits per heavy atom.